The maximum atomic E-state index is 13.5. The number of hydrogen-bond acceptors (Lipinski definition) is 8. The number of carbonyl (C=O) groups is 2. The van der Waals surface area contributed by atoms with Crippen LogP contribution in [0, 0.1) is 0 Å². The highest BCUT2D eigenvalue weighted by molar-refractivity contribution is 7.52. The van der Waals surface area contributed by atoms with Crippen molar-refractivity contribution in [2.45, 2.75) is 45.8 Å². The van der Waals surface area contributed by atoms with Gasteiger partial charge in [-0.2, -0.15) is 0 Å². The number of fused-ring (bicyclic) bond motifs is 1. The lowest BCUT2D eigenvalue weighted by atomic mass is 10.2. The summed E-state index contributed by atoms with van der Waals surface area (Å²) >= 11 is 6.22. The van der Waals surface area contributed by atoms with Crippen LogP contribution in [0.3, 0.4) is 0 Å². The Hall–Kier alpha value is -3.69. The van der Waals surface area contributed by atoms with Gasteiger partial charge < -0.3 is 28.4 Å². The van der Waals surface area contributed by atoms with E-state index in [1.54, 1.807) is 36.6 Å². The first-order valence-electron chi connectivity index (χ1n) is 13.5. The molecule has 1 heterocycles. The second-order valence-corrected chi connectivity index (χ2v) is 11.7. The number of alkyl carbamates (subject to hydrolysis) is 1. The van der Waals surface area contributed by atoms with Gasteiger partial charge >= 0.3 is 19.7 Å². The average molecular weight is 614 g/mol. The Morgan fingerprint density at radius 2 is 1.50 bits per heavy atom. The fourth-order valence-corrected chi connectivity index (χ4v) is 6.12. The predicted molar refractivity (Wildman–Crippen MR) is 159 cm³/mol. The van der Waals surface area contributed by atoms with Crippen molar-refractivity contribution in [3.8, 4) is 0 Å². The summed E-state index contributed by atoms with van der Waals surface area (Å²) in [5, 5.41) is 3.08. The van der Waals surface area contributed by atoms with Gasteiger partial charge in [0, 0.05) is 11.4 Å². The number of benzene rings is 3. The summed E-state index contributed by atoms with van der Waals surface area (Å²) in [4.78, 5) is 30.8. The van der Waals surface area contributed by atoms with E-state index in [1.807, 2.05) is 60.7 Å². The van der Waals surface area contributed by atoms with Gasteiger partial charge in [-0.05, 0) is 43.2 Å². The lowest BCUT2D eigenvalue weighted by molar-refractivity contribution is -0.147. The Morgan fingerprint density at radius 1 is 0.905 bits per heavy atom. The molecule has 1 aromatic heterocycles. The number of nitrogens with zero attached hydrogens (tertiary/aromatic N) is 2. The van der Waals surface area contributed by atoms with Crippen LogP contribution in [0.5, 0.6) is 0 Å². The molecule has 0 aliphatic heterocycles. The van der Waals surface area contributed by atoms with E-state index in [0.717, 1.165) is 11.1 Å². The highest BCUT2D eigenvalue weighted by Gasteiger charge is 2.31. The molecular formula is C30H33ClN3O7P. The molecule has 0 spiro atoms. The van der Waals surface area contributed by atoms with Crippen molar-refractivity contribution >= 4 is 42.3 Å². The van der Waals surface area contributed by atoms with Crippen LogP contribution in [0.25, 0.3) is 11.0 Å². The number of halogens is 1. The van der Waals surface area contributed by atoms with Gasteiger partial charge in [0.25, 0.3) is 0 Å². The molecule has 3 aromatic carbocycles. The van der Waals surface area contributed by atoms with Crippen LogP contribution in [0.2, 0.25) is 5.02 Å². The topological polar surface area (TPSA) is 118 Å². The van der Waals surface area contributed by atoms with Crippen LogP contribution in [-0.4, -0.2) is 40.9 Å². The maximum Gasteiger partial charge on any atom is 0.408 e. The predicted octanol–water partition coefficient (Wildman–Crippen LogP) is 6.49. The maximum absolute atomic E-state index is 13.5. The third kappa shape index (κ3) is 8.66. The molecule has 0 saturated carbocycles. The Morgan fingerprint density at radius 3 is 2.10 bits per heavy atom. The molecule has 0 bridgehead atoms. The fraction of sp³-hybridized carbons (Fsp3) is 0.300. The minimum atomic E-state index is -3.58. The Kier molecular flexibility index (Phi) is 11.1. The van der Waals surface area contributed by atoms with Gasteiger partial charge in [-0.25, -0.2) is 14.6 Å². The number of nitrogens with one attached hydrogen (secondary N) is 1. The summed E-state index contributed by atoms with van der Waals surface area (Å²) in [6.45, 7) is 3.82. The molecule has 42 heavy (non-hydrogen) atoms. The first kappa shape index (κ1) is 31.3. The number of hydrogen-bond donors (Lipinski definition) is 1. The van der Waals surface area contributed by atoms with E-state index in [-0.39, 0.29) is 39.1 Å². The number of carbonyl (C=O) groups excluding carboxylic acids is 2. The van der Waals surface area contributed by atoms with Crippen molar-refractivity contribution in [1.29, 1.82) is 0 Å². The molecule has 0 fully saturated rings. The van der Waals surface area contributed by atoms with Crippen LogP contribution in [0.1, 0.15) is 30.8 Å². The van der Waals surface area contributed by atoms with Crippen LogP contribution >= 0.6 is 19.2 Å². The van der Waals surface area contributed by atoms with Crippen molar-refractivity contribution in [3.63, 3.8) is 0 Å². The number of ether oxygens (including phenoxy) is 2. The van der Waals surface area contributed by atoms with Crippen molar-refractivity contribution in [2.75, 3.05) is 13.2 Å². The van der Waals surface area contributed by atoms with Gasteiger partial charge in [0.05, 0.1) is 24.2 Å². The quantitative estimate of drug-likeness (QED) is 0.127. The summed E-state index contributed by atoms with van der Waals surface area (Å²) in [5.74, 6) is -0.345. The van der Waals surface area contributed by atoms with Gasteiger partial charge in [-0.3, -0.25) is 4.57 Å². The van der Waals surface area contributed by atoms with E-state index >= 15 is 0 Å². The highest BCUT2D eigenvalue weighted by Crippen LogP contribution is 2.50. The van der Waals surface area contributed by atoms with Crippen LogP contribution < -0.4 is 5.32 Å². The van der Waals surface area contributed by atoms with E-state index in [0.29, 0.717) is 21.9 Å². The van der Waals surface area contributed by atoms with Crippen molar-refractivity contribution in [3.05, 3.63) is 101 Å². The van der Waals surface area contributed by atoms with Crippen LogP contribution in [0.4, 0.5) is 4.79 Å². The molecule has 4 aromatic rings. The SMILES string of the molecule is CCOP(=O)(Cn1c(C[C@@H](NC(=O)OCc2ccccc2)C(=O)OCc2ccccc2)nc2cc(Cl)ccc21)OCC. The molecule has 222 valence electrons. The smallest absolute Gasteiger partial charge is 0.408 e. The molecular weight excluding hydrogens is 581 g/mol. The minimum absolute atomic E-state index is 0.00677. The van der Waals surface area contributed by atoms with Crippen molar-refractivity contribution in [2.24, 2.45) is 0 Å². The van der Waals surface area contributed by atoms with Crippen molar-refractivity contribution < 1.29 is 32.7 Å². The van der Waals surface area contributed by atoms with Gasteiger partial charge in [-0.15, -0.1) is 0 Å². The molecule has 1 amide bonds. The molecule has 0 unspecified atom stereocenters. The lowest BCUT2D eigenvalue weighted by Crippen LogP contribution is -2.44. The van der Waals surface area contributed by atoms with Gasteiger partial charge in [0.1, 0.15) is 31.4 Å². The minimum Gasteiger partial charge on any atom is -0.459 e. The van der Waals surface area contributed by atoms with Gasteiger partial charge in [-0.1, -0.05) is 72.3 Å². The molecule has 0 aliphatic rings. The largest absolute Gasteiger partial charge is 0.459 e. The average Bonchev–Trinajstić information content (AvgIpc) is 3.30. The highest BCUT2D eigenvalue weighted by atomic mass is 35.5. The number of rotatable bonds is 14. The molecule has 1 N–H and O–H groups in total. The Balaban J connectivity index is 1.62. The van der Waals surface area contributed by atoms with E-state index in [2.05, 4.69) is 10.3 Å². The monoisotopic (exact) mass is 613 g/mol. The fourth-order valence-electron chi connectivity index (χ4n) is 4.26. The Labute approximate surface area is 249 Å². The molecule has 0 saturated heterocycles. The molecule has 0 radical (unpaired) electrons. The first-order chi connectivity index (χ1) is 20.3. The first-order valence-corrected chi connectivity index (χ1v) is 15.6. The molecule has 0 aliphatic carbocycles. The zero-order valence-electron chi connectivity index (χ0n) is 23.4. The Bertz CT molecular complexity index is 1520. The van der Waals surface area contributed by atoms with Gasteiger partial charge in [0.2, 0.25) is 0 Å². The van der Waals surface area contributed by atoms with E-state index in [4.69, 9.17) is 30.1 Å². The second-order valence-electron chi connectivity index (χ2n) is 9.23. The normalized spacial score (nSPS) is 12.2. The van der Waals surface area contributed by atoms with Crippen LogP contribution in [-0.2, 0) is 53.8 Å². The van der Waals surface area contributed by atoms with Gasteiger partial charge in [0.15, 0.2) is 0 Å². The van der Waals surface area contributed by atoms with E-state index in [9.17, 15) is 14.2 Å². The van der Waals surface area contributed by atoms with Crippen LogP contribution in [0.15, 0.2) is 78.9 Å². The standard InChI is InChI=1S/C30H33ClN3O7P/c1-3-40-42(37,41-4-2)21-34-27-16-15-24(31)17-25(27)32-28(34)18-26(29(35)38-19-22-11-7-5-8-12-22)33-30(36)39-20-23-13-9-6-10-14-23/h5-17,26H,3-4,18-21H2,1-2H3,(H,33,36)/t26-/m1/s1. The molecule has 10 nitrogen and oxygen atoms in total. The number of imidazole rings is 1. The molecule has 4 rings (SSSR count). The third-order valence-electron chi connectivity index (χ3n) is 6.16. The summed E-state index contributed by atoms with van der Waals surface area (Å²) < 4.78 is 37.2. The number of aromatic nitrogens is 2. The molecule has 12 heteroatoms. The second kappa shape index (κ2) is 15.0. The molecule has 1 atom stereocenters. The number of amides is 1. The van der Waals surface area contributed by atoms with Crippen molar-refractivity contribution in [1.82, 2.24) is 14.9 Å². The third-order valence-corrected chi connectivity index (χ3v) is 8.32. The van der Waals surface area contributed by atoms with E-state index in [1.165, 1.54) is 0 Å². The summed E-state index contributed by atoms with van der Waals surface area (Å²) in [6, 6.07) is 22.3. The zero-order valence-corrected chi connectivity index (χ0v) is 25.1. The van der Waals surface area contributed by atoms with E-state index < -0.39 is 25.7 Å². The zero-order chi connectivity index (χ0) is 30.0. The summed E-state index contributed by atoms with van der Waals surface area (Å²) in [5.41, 5.74) is 2.70. The lowest BCUT2D eigenvalue weighted by Gasteiger charge is -2.21. The summed E-state index contributed by atoms with van der Waals surface area (Å²) in [7, 11) is -3.58. The number of esters is 1. The summed E-state index contributed by atoms with van der Waals surface area (Å²) in [6.07, 6.45) is -1.06.